The van der Waals surface area contributed by atoms with E-state index in [1.165, 1.54) is 14.5 Å². The molecule has 2 atom stereocenters. The molecule has 0 saturated carbocycles. The van der Waals surface area contributed by atoms with Crippen LogP contribution >= 0.6 is 0 Å². The van der Waals surface area contributed by atoms with Crippen LogP contribution in [0.1, 0.15) is 25.7 Å². The molecular weight excluding hydrogens is 444 g/mol. The van der Waals surface area contributed by atoms with Crippen LogP contribution in [0.25, 0.3) is 5.69 Å². The van der Waals surface area contributed by atoms with E-state index in [0.717, 1.165) is 5.69 Å². The SMILES string of the molecule is O=C(O)[C@@H]1CCCN1C(=O)CNC(=O)[C@@H]1CCCN1C(=O)CNc1nnnn1-c1ccccc1. The molecule has 4 rings (SSSR count). The van der Waals surface area contributed by atoms with Gasteiger partial charge < -0.3 is 25.5 Å². The Morgan fingerprint density at radius 3 is 2.29 bits per heavy atom. The molecule has 180 valence electrons. The molecule has 2 aromatic rings. The Morgan fingerprint density at radius 2 is 1.59 bits per heavy atom. The van der Waals surface area contributed by atoms with E-state index in [2.05, 4.69) is 26.2 Å². The third-order valence-corrected chi connectivity index (χ3v) is 6.02. The number of carbonyl (C=O) groups is 4. The number of anilines is 1. The van der Waals surface area contributed by atoms with Gasteiger partial charge in [-0.25, -0.2) is 4.79 Å². The van der Waals surface area contributed by atoms with E-state index in [-0.39, 0.29) is 19.0 Å². The second-order valence-corrected chi connectivity index (χ2v) is 8.15. The molecule has 34 heavy (non-hydrogen) atoms. The first-order valence-corrected chi connectivity index (χ1v) is 11.1. The van der Waals surface area contributed by atoms with Crippen molar-refractivity contribution < 1.29 is 24.3 Å². The number of carboxylic acid groups (broad SMARTS) is 1. The molecule has 3 amide bonds. The fourth-order valence-corrected chi connectivity index (χ4v) is 4.34. The van der Waals surface area contributed by atoms with Crippen LogP contribution in [-0.4, -0.2) is 97.1 Å². The van der Waals surface area contributed by atoms with Crippen molar-refractivity contribution in [3.63, 3.8) is 0 Å². The largest absolute Gasteiger partial charge is 0.480 e. The third kappa shape index (κ3) is 4.97. The van der Waals surface area contributed by atoms with Gasteiger partial charge in [-0.3, -0.25) is 14.4 Å². The maximum atomic E-state index is 12.8. The maximum Gasteiger partial charge on any atom is 0.326 e. The van der Waals surface area contributed by atoms with Gasteiger partial charge in [-0.2, -0.15) is 4.68 Å². The summed E-state index contributed by atoms with van der Waals surface area (Å²) >= 11 is 0. The molecule has 1 aromatic heterocycles. The first-order chi connectivity index (χ1) is 16.5. The molecule has 0 aliphatic carbocycles. The first kappa shape index (κ1) is 23.1. The van der Waals surface area contributed by atoms with Crippen molar-refractivity contribution in [2.24, 2.45) is 0 Å². The molecule has 0 bridgehead atoms. The number of rotatable bonds is 8. The van der Waals surface area contributed by atoms with Crippen LogP contribution in [0.5, 0.6) is 0 Å². The third-order valence-electron chi connectivity index (χ3n) is 6.02. The van der Waals surface area contributed by atoms with Gasteiger partial charge in [-0.15, -0.1) is 0 Å². The Balaban J connectivity index is 1.30. The number of likely N-dealkylation sites (tertiary alicyclic amines) is 2. The number of benzene rings is 1. The molecule has 2 saturated heterocycles. The topological polar surface area (TPSA) is 163 Å². The number of aliphatic carboxylic acids is 1. The van der Waals surface area contributed by atoms with Crippen LogP contribution in [0.15, 0.2) is 30.3 Å². The Labute approximate surface area is 195 Å². The predicted octanol–water partition coefficient (Wildman–Crippen LogP) is -0.743. The molecule has 13 heteroatoms. The summed E-state index contributed by atoms with van der Waals surface area (Å²) in [6.07, 6.45) is 2.16. The molecule has 1 aromatic carbocycles. The number of nitrogens with zero attached hydrogens (tertiary/aromatic N) is 6. The van der Waals surface area contributed by atoms with Crippen LogP contribution < -0.4 is 10.6 Å². The minimum atomic E-state index is -1.05. The van der Waals surface area contributed by atoms with Crippen molar-refractivity contribution in [3.05, 3.63) is 30.3 Å². The number of carbonyl (C=O) groups excluding carboxylic acids is 3. The highest BCUT2D eigenvalue weighted by atomic mass is 16.4. The van der Waals surface area contributed by atoms with E-state index in [1.807, 2.05) is 30.3 Å². The number of tetrazole rings is 1. The van der Waals surface area contributed by atoms with Crippen molar-refractivity contribution in [3.8, 4) is 5.69 Å². The Hall–Kier alpha value is -4.03. The number of para-hydroxylation sites is 1. The first-order valence-electron chi connectivity index (χ1n) is 11.1. The summed E-state index contributed by atoms with van der Waals surface area (Å²) in [5, 5.41) is 26.2. The molecule has 0 unspecified atom stereocenters. The van der Waals surface area contributed by atoms with Gasteiger partial charge in [-0.05, 0) is 48.2 Å². The lowest BCUT2D eigenvalue weighted by Crippen LogP contribution is -2.51. The number of carboxylic acids is 1. The van der Waals surface area contributed by atoms with E-state index < -0.39 is 29.9 Å². The number of amides is 3. The molecular formula is C21H26N8O5. The lowest BCUT2D eigenvalue weighted by molar-refractivity contribution is -0.148. The zero-order valence-electron chi connectivity index (χ0n) is 18.5. The van der Waals surface area contributed by atoms with Crippen LogP contribution in [0, 0.1) is 0 Å². The number of nitrogens with one attached hydrogen (secondary N) is 2. The second-order valence-electron chi connectivity index (χ2n) is 8.15. The van der Waals surface area contributed by atoms with Gasteiger partial charge in [0.25, 0.3) is 0 Å². The second kappa shape index (κ2) is 10.3. The number of hydrogen-bond donors (Lipinski definition) is 3. The van der Waals surface area contributed by atoms with Crippen LogP contribution in [0.4, 0.5) is 5.95 Å². The molecule has 13 nitrogen and oxygen atoms in total. The highest BCUT2D eigenvalue weighted by Crippen LogP contribution is 2.19. The van der Waals surface area contributed by atoms with Crippen LogP contribution in [0.3, 0.4) is 0 Å². The van der Waals surface area contributed by atoms with E-state index >= 15 is 0 Å². The summed E-state index contributed by atoms with van der Waals surface area (Å²) in [6.45, 7) is 0.368. The summed E-state index contributed by atoms with van der Waals surface area (Å²) in [5.74, 6) is -1.92. The molecule has 0 spiro atoms. The predicted molar refractivity (Wildman–Crippen MR) is 118 cm³/mol. The van der Waals surface area contributed by atoms with E-state index in [1.54, 1.807) is 0 Å². The van der Waals surface area contributed by atoms with Gasteiger partial charge in [0, 0.05) is 13.1 Å². The van der Waals surface area contributed by atoms with Gasteiger partial charge >= 0.3 is 5.97 Å². The zero-order valence-corrected chi connectivity index (χ0v) is 18.5. The van der Waals surface area contributed by atoms with Gasteiger partial charge in [-0.1, -0.05) is 23.3 Å². The summed E-state index contributed by atoms with van der Waals surface area (Å²) in [7, 11) is 0. The molecule has 2 fully saturated rings. The van der Waals surface area contributed by atoms with Crippen molar-refractivity contribution in [1.82, 2.24) is 35.3 Å². The van der Waals surface area contributed by atoms with Crippen molar-refractivity contribution >= 4 is 29.6 Å². The Morgan fingerprint density at radius 1 is 0.941 bits per heavy atom. The quantitative estimate of drug-likeness (QED) is 0.451. The van der Waals surface area contributed by atoms with Gasteiger partial charge in [0.2, 0.25) is 23.7 Å². The molecule has 3 N–H and O–H groups in total. The van der Waals surface area contributed by atoms with E-state index in [9.17, 15) is 24.3 Å². The lowest BCUT2D eigenvalue weighted by Gasteiger charge is -2.25. The van der Waals surface area contributed by atoms with Gasteiger partial charge in [0.1, 0.15) is 12.1 Å². The molecule has 2 aliphatic rings. The average molecular weight is 470 g/mol. The number of aromatic nitrogens is 4. The Bertz CT molecular complexity index is 1060. The monoisotopic (exact) mass is 470 g/mol. The zero-order chi connectivity index (χ0) is 24.1. The molecule has 2 aliphatic heterocycles. The number of hydrogen-bond acceptors (Lipinski definition) is 8. The van der Waals surface area contributed by atoms with Gasteiger partial charge in [0.05, 0.1) is 18.8 Å². The minimum Gasteiger partial charge on any atom is -0.480 e. The highest BCUT2D eigenvalue weighted by Gasteiger charge is 2.36. The molecule has 3 heterocycles. The summed E-state index contributed by atoms with van der Waals surface area (Å²) in [6, 6.07) is 7.66. The molecule has 0 radical (unpaired) electrons. The fourth-order valence-electron chi connectivity index (χ4n) is 4.34. The maximum absolute atomic E-state index is 12.8. The fraction of sp³-hybridized carbons (Fsp3) is 0.476. The summed E-state index contributed by atoms with van der Waals surface area (Å²) < 4.78 is 1.47. The van der Waals surface area contributed by atoms with Crippen molar-refractivity contribution in [2.45, 2.75) is 37.8 Å². The van der Waals surface area contributed by atoms with E-state index in [0.29, 0.717) is 44.7 Å². The minimum absolute atomic E-state index is 0.107. The Kier molecular flexibility index (Phi) is 6.99. The standard InChI is InChI=1S/C21H26N8O5/c30-17(28-11-5-9-16(28)20(33)34)12-22-19(32)15-8-4-10-27(15)18(31)13-23-21-24-25-26-29(21)14-6-2-1-3-7-14/h1-3,6-7,15-16H,4-5,8-13H2,(H,22,32)(H,33,34)(H,23,24,26)/t15-,16-/m0/s1. The average Bonchev–Trinajstić information content (AvgIpc) is 3.61. The normalized spacial score (nSPS) is 19.8. The van der Waals surface area contributed by atoms with Crippen LogP contribution in [0.2, 0.25) is 0 Å². The lowest BCUT2D eigenvalue weighted by atomic mass is 10.2. The van der Waals surface area contributed by atoms with Crippen molar-refractivity contribution in [2.75, 3.05) is 31.5 Å². The van der Waals surface area contributed by atoms with Crippen molar-refractivity contribution in [1.29, 1.82) is 0 Å². The summed E-state index contributed by atoms with van der Waals surface area (Å²) in [5.41, 5.74) is 0.730. The smallest absolute Gasteiger partial charge is 0.326 e. The van der Waals surface area contributed by atoms with Crippen LogP contribution in [-0.2, 0) is 19.2 Å². The van der Waals surface area contributed by atoms with Gasteiger partial charge in [0.15, 0.2) is 0 Å². The summed E-state index contributed by atoms with van der Waals surface area (Å²) in [4.78, 5) is 52.0. The van der Waals surface area contributed by atoms with E-state index in [4.69, 9.17) is 0 Å². The highest BCUT2D eigenvalue weighted by molar-refractivity contribution is 5.92.